The van der Waals surface area contributed by atoms with E-state index in [2.05, 4.69) is 46.6 Å². The molecule has 0 aliphatic carbocycles. The summed E-state index contributed by atoms with van der Waals surface area (Å²) in [6.07, 6.45) is 3.26. The van der Waals surface area contributed by atoms with Crippen molar-refractivity contribution in [2.75, 3.05) is 22.9 Å². The van der Waals surface area contributed by atoms with Crippen molar-refractivity contribution >= 4 is 57.7 Å². The van der Waals surface area contributed by atoms with Gasteiger partial charge in [-0.25, -0.2) is 9.69 Å². The van der Waals surface area contributed by atoms with Crippen molar-refractivity contribution in [3.8, 4) is 5.75 Å². The van der Waals surface area contributed by atoms with E-state index in [0.29, 0.717) is 22.0 Å². The van der Waals surface area contributed by atoms with Gasteiger partial charge in [-0.2, -0.15) is 0 Å². The van der Waals surface area contributed by atoms with Crippen molar-refractivity contribution in [1.82, 2.24) is 5.32 Å². The lowest BCUT2D eigenvalue weighted by Gasteiger charge is -2.44. The van der Waals surface area contributed by atoms with Crippen LogP contribution >= 0.6 is 11.6 Å². The number of carbonyl (C=O) groups is 3. The van der Waals surface area contributed by atoms with Crippen LogP contribution in [0.1, 0.15) is 58.1 Å². The molecule has 4 amide bonds. The van der Waals surface area contributed by atoms with Gasteiger partial charge in [-0.05, 0) is 87.8 Å². The molecule has 0 radical (unpaired) electrons. The van der Waals surface area contributed by atoms with Gasteiger partial charge in [-0.15, -0.1) is 0 Å². The molecule has 2 atom stereocenters. The maximum absolute atomic E-state index is 14.5. The minimum atomic E-state index is -0.788. The lowest BCUT2D eigenvalue weighted by molar-refractivity contribution is -0.122. The Morgan fingerprint density at radius 1 is 0.722 bits per heavy atom. The molecule has 0 saturated carbocycles. The van der Waals surface area contributed by atoms with E-state index >= 15 is 0 Å². The van der Waals surface area contributed by atoms with E-state index < -0.39 is 17.8 Å². The molecule has 9 rings (SSSR count). The molecule has 1 fully saturated rings. The van der Waals surface area contributed by atoms with Gasteiger partial charge in [0.15, 0.2) is 0 Å². The number of anilines is 2. The number of fused-ring (bicyclic) bond motifs is 1. The van der Waals surface area contributed by atoms with Crippen LogP contribution in [0.15, 0.2) is 139 Å². The van der Waals surface area contributed by atoms with Gasteiger partial charge in [-0.3, -0.25) is 14.9 Å². The van der Waals surface area contributed by atoms with Crippen molar-refractivity contribution in [3.05, 3.63) is 177 Å². The molecule has 7 nitrogen and oxygen atoms in total. The summed E-state index contributed by atoms with van der Waals surface area (Å²) in [6.45, 7) is 2.08. The topological polar surface area (TPSA) is 79.0 Å². The lowest BCUT2D eigenvalue weighted by Crippen LogP contribution is -2.54. The van der Waals surface area contributed by atoms with Crippen LogP contribution in [0.5, 0.6) is 5.75 Å². The standard InChI is InChI=1S/C46H36ClN3O4/c47-34-18-19-42(54-28-32-16-9-15-29-14-7-8-17-36(29)32)33(24-34)25-41-44(51)48-46(53)50(45(41)52)35-26-39-37(30-10-3-1-4-11-30)20-22-49-23-21-38(40(27-35)43(39)49)31-12-5-2-6-13-31/h1-19,24-27,37-38H,20-23,28H2,(H,48,51,53)/b41-25+/t37-,38-/m0/s1. The van der Waals surface area contributed by atoms with E-state index in [-0.39, 0.29) is 24.0 Å². The summed E-state index contributed by atoms with van der Waals surface area (Å²) in [5.74, 6) is -0.919. The number of carbonyl (C=O) groups excluding carboxylic acids is 3. The van der Waals surface area contributed by atoms with Crippen molar-refractivity contribution < 1.29 is 19.1 Å². The van der Waals surface area contributed by atoms with E-state index in [9.17, 15) is 14.4 Å². The molecule has 3 aliphatic rings. The van der Waals surface area contributed by atoms with E-state index in [4.69, 9.17) is 16.3 Å². The molecule has 6 aromatic carbocycles. The van der Waals surface area contributed by atoms with E-state index in [1.165, 1.54) is 22.9 Å². The Labute approximate surface area is 318 Å². The predicted octanol–water partition coefficient (Wildman–Crippen LogP) is 9.62. The molecule has 0 bridgehead atoms. The Bertz CT molecular complexity index is 2400. The first kappa shape index (κ1) is 33.6. The molecule has 6 aromatic rings. The third-order valence-corrected chi connectivity index (χ3v) is 11.1. The van der Waals surface area contributed by atoms with Crippen molar-refractivity contribution in [2.24, 2.45) is 0 Å². The van der Waals surface area contributed by atoms with Gasteiger partial charge in [-0.1, -0.05) is 115 Å². The largest absolute Gasteiger partial charge is 0.488 e. The van der Waals surface area contributed by atoms with Crippen molar-refractivity contribution in [3.63, 3.8) is 0 Å². The van der Waals surface area contributed by atoms with E-state index in [1.807, 2.05) is 78.9 Å². The average molecular weight is 730 g/mol. The van der Waals surface area contributed by atoms with Gasteiger partial charge >= 0.3 is 6.03 Å². The number of halogens is 1. The van der Waals surface area contributed by atoms with Crippen LogP contribution in [-0.4, -0.2) is 30.9 Å². The van der Waals surface area contributed by atoms with Crippen LogP contribution in [0.25, 0.3) is 16.8 Å². The predicted molar refractivity (Wildman–Crippen MR) is 213 cm³/mol. The molecule has 1 N–H and O–H groups in total. The van der Waals surface area contributed by atoms with Crippen LogP contribution < -0.4 is 19.9 Å². The number of nitrogens with one attached hydrogen (secondary N) is 1. The molecule has 8 heteroatoms. The quantitative estimate of drug-likeness (QED) is 0.131. The fourth-order valence-electron chi connectivity index (χ4n) is 8.35. The van der Waals surface area contributed by atoms with Crippen molar-refractivity contribution in [2.45, 2.75) is 31.3 Å². The summed E-state index contributed by atoms with van der Waals surface area (Å²) in [5.41, 5.74) is 7.34. The average Bonchev–Trinajstić information content (AvgIpc) is 3.20. The number of hydrogen-bond acceptors (Lipinski definition) is 5. The molecular weight excluding hydrogens is 694 g/mol. The minimum Gasteiger partial charge on any atom is -0.488 e. The number of imide groups is 2. The maximum Gasteiger partial charge on any atom is 0.335 e. The number of nitrogens with zero attached hydrogens (tertiary/aromatic N) is 2. The lowest BCUT2D eigenvalue weighted by atomic mass is 9.76. The molecule has 54 heavy (non-hydrogen) atoms. The Kier molecular flexibility index (Phi) is 8.72. The van der Waals surface area contributed by atoms with E-state index in [0.717, 1.165) is 58.3 Å². The Morgan fingerprint density at radius 2 is 1.35 bits per heavy atom. The van der Waals surface area contributed by atoms with Crippen molar-refractivity contribution in [1.29, 1.82) is 0 Å². The fourth-order valence-corrected chi connectivity index (χ4v) is 8.53. The molecule has 266 valence electrons. The summed E-state index contributed by atoms with van der Waals surface area (Å²) >= 11 is 6.46. The summed E-state index contributed by atoms with van der Waals surface area (Å²) in [7, 11) is 0. The highest BCUT2D eigenvalue weighted by atomic mass is 35.5. The Balaban J connectivity index is 1.12. The van der Waals surface area contributed by atoms with Gasteiger partial charge in [0.2, 0.25) is 0 Å². The van der Waals surface area contributed by atoms with E-state index in [1.54, 1.807) is 18.2 Å². The number of hydrogen-bond donors (Lipinski definition) is 1. The number of barbiturate groups is 1. The zero-order chi connectivity index (χ0) is 36.8. The van der Waals surface area contributed by atoms with Crippen LogP contribution in [0.4, 0.5) is 16.2 Å². The third kappa shape index (κ3) is 6.10. The summed E-state index contributed by atoms with van der Waals surface area (Å²) in [6, 6.07) is 43.1. The molecule has 0 spiro atoms. The van der Waals surface area contributed by atoms with Gasteiger partial charge < -0.3 is 9.64 Å². The smallest absolute Gasteiger partial charge is 0.335 e. The number of ether oxygens (including phenoxy) is 1. The third-order valence-electron chi connectivity index (χ3n) is 10.9. The highest BCUT2D eigenvalue weighted by Gasteiger charge is 2.40. The number of benzene rings is 6. The van der Waals surface area contributed by atoms with Gasteiger partial charge in [0.05, 0.1) is 5.69 Å². The normalized spacial score (nSPS) is 18.8. The molecule has 3 heterocycles. The first-order chi connectivity index (χ1) is 26.4. The van der Waals surface area contributed by atoms with Crippen LogP contribution in [0.3, 0.4) is 0 Å². The number of urea groups is 1. The first-order valence-corrected chi connectivity index (χ1v) is 18.6. The Hall–Kier alpha value is -6.18. The number of rotatable bonds is 7. The summed E-state index contributed by atoms with van der Waals surface area (Å²) < 4.78 is 6.32. The zero-order valence-electron chi connectivity index (χ0n) is 29.4. The molecule has 0 aromatic heterocycles. The fraction of sp³-hybridized carbons (Fsp3) is 0.152. The molecule has 3 aliphatic heterocycles. The monoisotopic (exact) mass is 729 g/mol. The Morgan fingerprint density at radius 3 is 2.04 bits per heavy atom. The van der Waals surface area contributed by atoms with Gasteiger partial charge in [0, 0.05) is 41.2 Å². The second-order valence-electron chi connectivity index (χ2n) is 14.0. The molecule has 0 unspecified atom stereocenters. The maximum atomic E-state index is 14.5. The highest BCUT2D eigenvalue weighted by molar-refractivity contribution is 6.39. The number of amides is 4. The second kappa shape index (κ2) is 14.0. The second-order valence-corrected chi connectivity index (χ2v) is 14.5. The summed E-state index contributed by atoms with van der Waals surface area (Å²) in [4.78, 5) is 45.3. The summed E-state index contributed by atoms with van der Waals surface area (Å²) in [5, 5.41) is 5.02. The van der Waals surface area contributed by atoms with Crippen LogP contribution in [-0.2, 0) is 16.2 Å². The van der Waals surface area contributed by atoms with Gasteiger partial charge in [0.1, 0.15) is 17.9 Å². The molecular formula is C46H36ClN3O4. The minimum absolute atomic E-state index is 0.0678. The highest BCUT2D eigenvalue weighted by Crippen LogP contribution is 2.50. The SMILES string of the molecule is O=C1NC(=O)N(c2cc3c4c(c2)[C@H](c2ccccc2)CCN4CC[C@H]3c2ccccc2)C(=O)/C1=C/c1cc(Cl)ccc1OCc1cccc2ccccc12. The first-order valence-electron chi connectivity index (χ1n) is 18.3. The molecule has 1 saturated heterocycles. The van der Waals surface area contributed by atoms with Gasteiger partial charge in [0.25, 0.3) is 11.8 Å². The van der Waals surface area contributed by atoms with Crippen LogP contribution in [0.2, 0.25) is 5.02 Å². The van der Waals surface area contributed by atoms with Crippen LogP contribution in [0, 0.1) is 0 Å². The zero-order valence-corrected chi connectivity index (χ0v) is 30.1.